The number of rotatable bonds is 5. The average molecular weight is 348 g/mol. The van der Waals surface area contributed by atoms with Crippen molar-refractivity contribution in [3.8, 4) is 5.75 Å². The highest BCUT2D eigenvalue weighted by Gasteiger charge is 2.08. The van der Waals surface area contributed by atoms with E-state index in [1.165, 1.54) is 22.3 Å². The first-order valence-corrected chi connectivity index (χ1v) is 7.93. The summed E-state index contributed by atoms with van der Waals surface area (Å²) in [4.78, 5) is 0. The first-order valence-electron chi connectivity index (χ1n) is 7.13. The lowest BCUT2D eigenvalue weighted by molar-refractivity contribution is 0.412. The zero-order chi connectivity index (χ0) is 15.4. The Morgan fingerprint density at radius 1 is 1.00 bits per heavy atom. The SMILES string of the molecule is COc1ccc(CC(N)Cc2ccc(C)c(C)c2)cc1Br. The fourth-order valence-electron chi connectivity index (χ4n) is 2.45. The van der Waals surface area contributed by atoms with Gasteiger partial charge in [-0.2, -0.15) is 0 Å². The van der Waals surface area contributed by atoms with Crippen molar-refractivity contribution >= 4 is 15.9 Å². The molecule has 0 saturated carbocycles. The van der Waals surface area contributed by atoms with E-state index in [0.29, 0.717) is 0 Å². The number of hydrogen-bond donors (Lipinski definition) is 1. The number of hydrogen-bond acceptors (Lipinski definition) is 2. The molecule has 0 bridgehead atoms. The van der Waals surface area contributed by atoms with E-state index >= 15 is 0 Å². The fourth-order valence-corrected chi connectivity index (χ4v) is 3.03. The van der Waals surface area contributed by atoms with Gasteiger partial charge in [0.25, 0.3) is 0 Å². The van der Waals surface area contributed by atoms with Crippen LogP contribution < -0.4 is 10.5 Å². The molecule has 0 heterocycles. The van der Waals surface area contributed by atoms with Crippen LogP contribution in [0.1, 0.15) is 22.3 Å². The average Bonchev–Trinajstić information content (AvgIpc) is 2.43. The van der Waals surface area contributed by atoms with E-state index in [4.69, 9.17) is 10.5 Å². The summed E-state index contributed by atoms with van der Waals surface area (Å²) < 4.78 is 6.22. The van der Waals surface area contributed by atoms with Crippen LogP contribution >= 0.6 is 15.9 Å². The molecule has 2 N–H and O–H groups in total. The van der Waals surface area contributed by atoms with Crippen LogP contribution in [0.2, 0.25) is 0 Å². The Bertz CT molecular complexity index is 625. The molecule has 0 radical (unpaired) electrons. The van der Waals surface area contributed by atoms with E-state index in [-0.39, 0.29) is 6.04 Å². The van der Waals surface area contributed by atoms with Crippen molar-refractivity contribution in [2.24, 2.45) is 5.73 Å². The van der Waals surface area contributed by atoms with Crippen molar-refractivity contribution in [1.29, 1.82) is 0 Å². The Morgan fingerprint density at radius 2 is 1.62 bits per heavy atom. The third kappa shape index (κ3) is 4.32. The summed E-state index contributed by atoms with van der Waals surface area (Å²) in [7, 11) is 1.67. The second-order valence-corrected chi connectivity index (χ2v) is 6.41. The Labute approximate surface area is 135 Å². The lowest BCUT2D eigenvalue weighted by Crippen LogP contribution is -2.25. The minimum absolute atomic E-state index is 0.118. The van der Waals surface area contributed by atoms with Crippen LogP contribution in [-0.4, -0.2) is 13.2 Å². The van der Waals surface area contributed by atoms with Gasteiger partial charge in [0, 0.05) is 6.04 Å². The molecule has 112 valence electrons. The number of methoxy groups -OCH3 is 1. The molecule has 0 amide bonds. The second-order valence-electron chi connectivity index (χ2n) is 5.56. The van der Waals surface area contributed by atoms with Crippen molar-refractivity contribution in [3.05, 3.63) is 63.1 Å². The van der Waals surface area contributed by atoms with Gasteiger partial charge < -0.3 is 10.5 Å². The molecule has 2 nitrogen and oxygen atoms in total. The topological polar surface area (TPSA) is 35.2 Å². The van der Waals surface area contributed by atoms with E-state index in [1.54, 1.807) is 7.11 Å². The number of benzene rings is 2. The molecule has 0 spiro atoms. The Kier molecular flexibility index (Phi) is 5.43. The van der Waals surface area contributed by atoms with E-state index < -0.39 is 0 Å². The minimum atomic E-state index is 0.118. The largest absolute Gasteiger partial charge is 0.496 e. The summed E-state index contributed by atoms with van der Waals surface area (Å²) in [5.74, 6) is 0.849. The lowest BCUT2D eigenvalue weighted by atomic mass is 9.97. The van der Waals surface area contributed by atoms with Crippen molar-refractivity contribution < 1.29 is 4.74 Å². The van der Waals surface area contributed by atoms with Gasteiger partial charge in [-0.25, -0.2) is 0 Å². The molecule has 3 heteroatoms. The van der Waals surface area contributed by atoms with Crippen LogP contribution in [-0.2, 0) is 12.8 Å². The number of halogens is 1. The maximum Gasteiger partial charge on any atom is 0.133 e. The van der Waals surface area contributed by atoms with E-state index in [9.17, 15) is 0 Å². The summed E-state index contributed by atoms with van der Waals surface area (Å²) >= 11 is 3.52. The van der Waals surface area contributed by atoms with Crippen LogP contribution in [0.5, 0.6) is 5.75 Å². The van der Waals surface area contributed by atoms with Gasteiger partial charge >= 0.3 is 0 Å². The fraction of sp³-hybridized carbons (Fsp3) is 0.333. The molecule has 2 aromatic carbocycles. The lowest BCUT2D eigenvalue weighted by Gasteiger charge is -2.14. The van der Waals surface area contributed by atoms with E-state index in [2.05, 4.69) is 60.1 Å². The van der Waals surface area contributed by atoms with Crippen LogP contribution in [0.3, 0.4) is 0 Å². The van der Waals surface area contributed by atoms with Crippen LogP contribution in [0.25, 0.3) is 0 Å². The van der Waals surface area contributed by atoms with Crippen LogP contribution in [0.15, 0.2) is 40.9 Å². The maximum atomic E-state index is 6.30. The molecule has 21 heavy (non-hydrogen) atoms. The monoisotopic (exact) mass is 347 g/mol. The van der Waals surface area contributed by atoms with Gasteiger partial charge in [0.1, 0.15) is 5.75 Å². The number of aryl methyl sites for hydroxylation is 2. The van der Waals surface area contributed by atoms with Crippen molar-refractivity contribution in [1.82, 2.24) is 0 Å². The zero-order valence-corrected chi connectivity index (χ0v) is 14.4. The standard InChI is InChI=1S/C18H22BrNO/c1-12-4-5-14(8-13(12)2)9-16(20)10-15-6-7-18(21-3)17(19)11-15/h4-8,11,16H,9-10,20H2,1-3H3. The number of ether oxygens (including phenoxy) is 1. The predicted octanol–water partition coefficient (Wildman–Crippen LogP) is 4.19. The summed E-state index contributed by atoms with van der Waals surface area (Å²) in [5, 5.41) is 0. The highest BCUT2D eigenvalue weighted by Crippen LogP contribution is 2.26. The molecular weight excluding hydrogens is 326 g/mol. The normalized spacial score (nSPS) is 12.2. The highest BCUT2D eigenvalue weighted by atomic mass is 79.9. The quantitative estimate of drug-likeness (QED) is 0.880. The summed E-state index contributed by atoms with van der Waals surface area (Å²) in [6.45, 7) is 4.28. The van der Waals surface area contributed by atoms with Gasteiger partial charge in [-0.1, -0.05) is 24.3 Å². The summed E-state index contributed by atoms with van der Waals surface area (Å²) in [6, 6.07) is 12.8. The first kappa shape index (κ1) is 16.1. The predicted molar refractivity (Wildman–Crippen MR) is 92.0 cm³/mol. The molecule has 2 rings (SSSR count). The molecule has 0 saturated heterocycles. The molecular formula is C18H22BrNO. The molecule has 1 unspecified atom stereocenters. The molecule has 1 atom stereocenters. The Hall–Kier alpha value is -1.32. The molecule has 0 aliphatic carbocycles. The maximum absolute atomic E-state index is 6.30. The third-order valence-corrected chi connectivity index (χ3v) is 4.40. The van der Waals surface area contributed by atoms with Gasteiger partial charge in [-0.05, 0) is 77.0 Å². The third-order valence-electron chi connectivity index (χ3n) is 3.78. The Morgan fingerprint density at radius 3 is 2.19 bits per heavy atom. The van der Waals surface area contributed by atoms with E-state index in [1.807, 2.05) is 6.07 Å². The summed E-state index contributed by atoms with van der Waals surface area (Å²) in [6.07, 6.45) is 1.75. The molecule has 0 aliphatic rings. The van der Waals surface area contributed by atoms with Gasteiger partial charge in [0.05, 0.1) is 11.6 Å². The first-order chi connectivity index (χ1) is 9.99. The minimum Gasteiger partial charge on any atom is -0.496 e. The van der Waals surface area contributed by atoms with Crippen LogP contribution in [0.4, 0.5) is 0 Å². The van der Waals surface area contributed by atoms with Crippen LogP contribution in [0, 0.1) is 13.8 Å². The zero-order valence-electron chi connectivity index (χ0n) is 12.8. The van der Waals surface area contributed by atoms with E-state index in [0.717, 1.165) is 23.1 Å². The van der Waals surface area contributed by atoms with Crippen molar-refractivity contribution in [3.63, 3.8) is 0 Å². The van der Waals surface area contributed by atoms with Gasteiger partial charge in [0.15, 0.2) is 0 Å². The van der Waals surface area contributed by atoms with Gasteiger partial charge in [-0.15, -0.1) is 0 Å². The molecule has 0 aliphatic heterocycles. The van der Waals surface area contributed by atoms with Gasteiger partial charge in [-0.3, -0.25) is 0 Å². The molecule has 2 aromatic rings. The van der Waals surface area contributed by atoms with Crippen molar-refractivity contribution in [2.75, 3.05) is 7.11 Å². The molecule has 0 fully saturated rings. The van der Waals surface area contributed by atoms with Gasteiger partial charge in [0.2, 0.25) is 0 Å². The summed E-state index contributed by atoms with van der Waals surface area (Å²) in [5.41, 5.74) is 11.5. The molecule has 0 aromatic heterocycles. The second kappa shape index (κ2) is 7.10. The Balaban J connectivity index is 2.02. The smallest absolute Gasteiger partial charge is 0.133 e. The highest BCUT2D eigenvalue weighted by molar-refractivity contribution is 9.10. The van der Waals surface area contributed by atoms with Crippen molar-refractivity contribution in [2.45, 2.75) is 32.7 Å². The number of nitrogens with two attached hydrogens (primary N) is 1.